The number of morpholine rings is 1. The summed E-state index contributed by atoms with van der Waals surface area (Å²) < 4.78 is 7.36. The van der Waals surface area contributed by atoms with E-state index in [1.165, 1.54) is 6.07 Å². The van der Waals surface area contributed by atoms with Crippen LogP contribution in [0.4, 0.5) is 5.69 Å². The Hall–Kier alpha value is -3.23. The number of nitro benzene ring substituents is 1. The number of benzene rings is 2. The fourth-order valence-corrected chi connectivity index (χ4v) is 4.42. The highest BCUT2D eigenvalue weighted by Gasteiger charge is 2.28. The van der Waals surface area contributed by atoms with Gasteiger partial charge < -0.3 is 14.6 Å². The van der Waals surface area contributed by atoms with Crippen LogP contribution < -0.4 is 5.32 Å². The molecule has 0 radical (unpaired) electrons. The van der Waals surface area contributed by atoms with Gasteiger partial charge in [-0.25, -0.2) is 0 Å². The molecule has 0 spiro atoms. The van der Waals surface area contributed by atoms with Crippen molar-refractivity contribution in [2.45, 2.75) is 12.3 Å². The number of nitrogens with zero attached hydrogens (tertiary/aromatic N) is 3. The first kappa shape index (κ1) is 22.0. The Labute approximate surface area is 186 Å². The van der Waals surface area contributed by atoms with E-state index in [9.17, 15) is 14.9 Å². The molecular weight excluding hydrogens is 408 g/mol. The van der Waals surface area contributed by atoms with Gasteiger partial charge in [0.25, 0.3) is 5.69 Å². The van der Waals surface area contributed by atoms with E-state index in [0.29, 0.717) is 12.1 Å². The van der Waals surface area contributed by atoms with Gasteiger partial charge in [-0.2, -0.15) is 0 Å². The lowest BCUT2D eigenvalue weighted by Crippen LogP contribution is -2.41. The molecular formula is C24H28N4O4. The van der Waals surface area contributed by atoms with E-state index in [4.69, 9.17) is 4.74 Å². The molecule has 168 valence electrons. The van der Waals surface area contributed by atoms with Crippen LogP contribution in [-0.2, 0) is 16.6 Å². The summed E-state index contributed by atoms with van der Waals surface area (Å²) in [6.07, 6.45) is 2.12. The smallest absolute Gasteiger partial charge is 0.273 e. The first-order chi connectivity index (χ1) is 15.5. The van der Waals surface area contributed by atoms with Gasteiger partial charge in [-0.1, -0.05) is 36.4 Å². The van der Waals surface area contributed by atoms with Gasteiger partial charge in [0.2, 0.25) is 5.91 Å². The van der Waals surface area contributed by atoms with Gasteiger partial charge in [-0.05, 0) is 11.6 Å². The van der Waals surface area contributed by atoms with E-state index in [1.54, 1.807) is 18.2 Å². The Morgan fingerprint density at radius 2 is 1.84 bits per heavy atom. The second kappa shape index (κ2) is 9.93. The van der Waals surface area contributed by atoms with E-state index in [-0.39, 0.29) is 22.9 Å². The van der Waals surface area contributed by atoms with E-state index in [0.717, 1.165) is 49.3 Å². The Bertz CT molecular complexity index is 1100. The molecule has 1 N–H and O–H groups in total. The lowest BCUT2D eigenvalue weighted by Gasteiger charge is -2.26. The molecule has 8 heteroatoms. The molecule has 1 aliphatic heterocycles. The minimum Gasteiger partial charge on any atom is -0.379 e. The molecule has 8 nitrogen and oxygen atoms in total. The minimum absolute atomic E-state index is 0.0338. The van der Waals surface area contributed by atoms with E-state index >= 15 is 0 Å². The largest absolute Gasteiger partial charge is 0.379 e. The average Bonchev–Trinajstić information content (AvgIpc) is 3.14. The number of nitrogens with one attached hydrogen (secondary N) is 1. The third kappa shape index (κ3) is 4.81. The molecule has 1 amide bonds. The quantitative estimate of drug-likeness (QED) is 0.433. The van der Waals surface area contributed by atoms with Gasteiger partial charge in [0, 0.05) is 74.3 Å². The summed E-state index contributed by atoms with van der Waals surface area (Å²) in [5.74, 6) is -0.541. The predicted molar refractivity (Wildman–Crippen MR) is 123 cm³/mol. The van der Waals surface area contributed by atoms with Crippen molar-refractivity contribution in [3.05, 3.63) is 76.0 Å². The number of hydrogen-bond donors (Lipinski definition) is 1. The van der Waals surface area contributed by atoms with Crippen LogP contribution in [0.5, 0.6) is 0 Å². The third-order valence-electron chi connectivity index (χ3n) is 6.06. The zero-order valence-electron chi connectivity index (χ0n) is 18.2. The van der Waals surface area contributed by atoms with Crippen molar-refractivity contribution in [2.24, 2.45) is 7.05 Å². The maximum absolute atomic E-state index is 12.9. The highest BCUT2D eigenvalue weighted by Crippen LogP contribution is 2.38. The zero-order valence-corrected chi connectivity index (χ0v) is 18.2. The second-order valence-corrected chi connectivity index (χ2v) is 8.09. The fraction of sp³-hybridized carbons (Fsp3) is 0.375. The molecule has 3 aromatic rings. The van der Waals surface area contributed by atoms with Gasteiger partial charge in [-0.3, -0.25) is 19.8 Å². The van der Waals surface area contributed by atoms with E-state index < -0.39 is 5.92 Å². The van der Waals surface area contributed by atoms with Crippen molar-refractivity contribution in [1.29, 1.82) is 0 Å². The molecule has 1 aliphatic rings. The lowest BCUT2D eigenvalue weighted by molar-refractivity contribution is -0.385. The summed E-state index contributed by atoms with van der Waals surface area (Å²) in [5.41, 5.74) is 2.53. The summed E-state index contributed by atoms with van der Waals surface area (Å²) in [7, 11) is 1.95. The average molecular weight is 437 g/mol. The molecule has 1 saturated heterocycles. The first-order valence-corrected chi connectivity index (χ1v) is 10.9. The van der Waals surface area contributed by atoms with Crippen molar-refractivity contribution in [2.75, 3.05) is 39.4 Å². The molecule has 0 unspecified atom stereocenters. The molecule has 2 heterocycles. The second-order valence-electron chi connectivity index (χ2n) is 8.09. The molecule has 4 rings (SSSR count). The van der Waals surface area contributed by atoms with Gasteiger partial charge in [-0.15, -0.1) is 0 Å². The lowest BCUT2D eigenvalue weighted by atomic mass is 9.87. The standard InChI is InChI=1S/C24H28N4O4/c1-26-17-21(19-7-2-4-8-22(19)26)20(18-6-3-5-9-23(18)28(30)31)16-24(29)25-10-11-27-12-14-32-15-13-27/h2-9,17,20H,10-16H2,1H3,(H,25,29)/t20-/m0/s1. The van der Waals surface area contributed by atoms with Crippen LogP contribution in [0.2, 0.25) is 0 Å². The number of fused-ring (bicyclic) bond motifs is 1. The Kier molecular flexibility index (Phi) is 6.82. The molecule has 1 aromatic heterocycles. The van der Waals surface area contributed by atoms with Crippen molar-refractivity contribution in [1.82, 2.24) is 14.8 Å². The zero-order chi connectivity index (χ0) is 22.5. The Morgan fingerprint density at radius 1 is 1.12 bits per heavy atom. The molecule has 1 fully saturated rings. The number of hydrogen-bond acceptors (Lipinski definition) is 5. The normalized spacial score (nSPS) is 15.5. The third-order valence-corrected chi connectivity index (χ3v) is 6.06. The molecule has 2 aromatic carbocycles. The van der Waals surface area contributed by atoms with Crippen molar-refractivity contribution in [3.8, 4) is 0 Å². The number of carbonyl (C=O) groups excluding carboxylic acids is 1. The van der Waals surface area contributed by atoms with Gasteiger partial charge in [0.1, 0.15) is 0 Å². The molecule has 32 heavy (non-hydrogen) atoms. The first-order valence-electron chi connectivity index (χ1n) is 10.9. The number of ether oxygens (including phenoxy) is 1. The van der Waals surface area contributed by atoms with Crippen LogP contribution in [0.1, 0.15) is 23.5 Å². The Morgan fingerprint density at radius 3 is 2.62 bits per heavy atom. The van der Waals surface area contributed by atoms with Crippen molar-refractivity contribution < 1.29 is 14.5 Å². The van der Waals surface area contributed by atoms with Gasteiger partial charge in [0.05, 0.1) is 18.1 Å². The summed E-state index contributed by atoms with van der Waals surface area (Å²) in [5, 5.41) is 15.7. The fourth-order valence-electron chi connectivity index (χ4n) is 4.42. The topological polar surface area (TPSA) is 89.6 Å². The SMILES string of the molecule is Cn1cc([C@@H](CC(=O)NCCN2CCOCC2)c2ccccc2[N+](=O)[O-])c2ccccc21. The summed E-state index contributed by atoms with van der Waals surface area (Å²) in [6, 6.07) is 14.6. The molecule has 0 saturated carbocycles. The van der Waals surface area contributed by atoms with Crippen molar-refractivity contribution >= 4 is 22.5 Å². The minimum atomic E-state index is -0.425. The maximum atomic E-state index is 12.9. The van der Waals surface area contributed by atoms with Gasteiger partial charge >= 0.3 is 0 Å². The molecule has 0 aliphatic carbocycles. The number of nitro groups is 1. The molecule has 0 bridgehead atoms. The van der Waals surface area contributed by atoms with Crippen LogP contribution in [0, 0.1) is 10.1 Å². The number of para-hydroxylation sites is 2. The van der Waals surface area contributed by atoms with Crippen LogP contribution in [-0.4, -0.2) is 59.7 Å². The predicted octanol–water partition coefficient (Wildman–Crippen LogP) is 3.06. The Balaban J connectivity index is 1.60. The summed E-state index contributed by atoms with van der Waals surface area (Å²) in [4.78, 5) is 26.6. The van der Waals surface area contributed by atoms with E-state index in [2.05, 4.69) is 10.2 Å². The van der Waals surface area contributed by atoms with Crippen molar-refractivity contribution in [3.63, 3.8) is 0 Å². The number of aryl methyl sites for hydroxylation is 1. The van der Waals surface area contributed by atoms with Crippen LogP contribution in [0.15, 0.2) is 54.7 Å². The number of aromatic nitrogens is 1. The number of rotatable bonds is 8. The van der Waals surface area contributed by atoms with Crippen LogP contribution in [0.3, 0.4) is 0 Å². The number of amides is 1. The van der Waals surface area contributed by atoms with E-state index in [1.807, 2.05) is 42.1 Å². The van der Waals surface area contributed by atoms with Crippen LogP contribution in [0.25, 0.3) is 10.9 Å². The van der Waals surface area contributed by atoms with Gasteiger partial charge in [0.15, 0.2) is 0 Å². The highest BCUT2D eigenvalue weighted by molar-refractivity contribution is 5.87. The molecule has 1 atom stereocenters. The monoisotopic (exact) mass is 436 g/mol. The summed E-state index contributed by atoms with van der Waals surface area (Å²) in [6.45, 7) is 4.47. The number of carbonyl (C=O) groups is 1. The highest BCUT2D eigenvalue weighted by atomic mass is 16.6. The maximum Gasteiger partial charge on any atom is 0.273 e. The van der Waals surface area contributed by atoms with Crippen LogP contribution >= 0.6 is 0 Å². The summed E-state index contributed by atoms with van der Waals surface area (Å²) >= 11 is 0.